The van der Waals surface area contributed by atoms with Gasteiger partial charge in [0.25, 0.3) is 0 Å². The molecular weight excluding hydrogens is 142 g/mol. The van der Waals surface area contributed by atoms with Gasteiger partial charge in [-0.15, -0.1) is 0 Å². The summed E-state index contributed by atoms with van der Waals surface area (Å²) in [7, 11) is 0. The third-order valence-electron chi connectivity index (χ3n) is 1.60. The second-order valence-corrected chi connectivity index (χ2v) is 2.37. The van der Waals surface area contributed by atoms with Crippen molar-refractivity contribution in [2.75, 3.05) is 0 Å². The minimum atomic E-state index is -0.601. The van der Waals surface area contributed by atoms with Crippen molar-refractivity contribution in [3.05, 3.63) is 46.0 Å². The van der Waals surface area contributed by atoms with E-state index in [2.05, 4.69) is 0 Å². The molecule has 0 amide bonds. The highest BCUT2D eigenvalue weighted by Crippen LogP contribution is 2.13. The molecule has 0 spiro atoms. The summed E-state index contributed by atoms with van der Waals surface area (Å²) >= 11 is 0. The van der Waals surface area contributed by atoms with Crippen LogP contribution in [0.2, 0.25) is 0 Å². The number of nitrogens with zero attached hydrogens (tertiary/aromatic N) is 1. The Kier molecular flexibility index (Phi) is 2.21. The number of hydrogen-bond donors (Lipinski definition) is 0. The molecule has 1 atom stereocenters. The van der Waals surface area contributed by atoms with Crippen LogP contribution in [0, 0.1) is 10.1 Å². The van der Waals surface area contributed by atoms with Gasteiger partial charge in [0.15, 0.2) is 0 Å². The monoisotopic (exact) mass is 151 g/mol. The molecule has 0 aliphatic heterocycles. The largest absolute Gasteiger partial charge is 0.264 e. The van der Waals surface area contributed by atoms with Crippen molar-refractivity contribution in [2.24, 2.45) is 0 Å². The van der Waals surface area contributed by atoms with Gasteiger partial charge in [-0.05, 0) is 0 Å². The second kappa shape index (κ2) is 3.14. The second-order valence-electron chi connectivity index (χ2n) is 2.37. The molecule has 0 aromatic heterocycles. The van der Waals surface area contributed by atoms with E-state index in [1.54, 1.807) is 31.2 Å². The smallest absolute Gasteiger partial charge is 0.235 e. The van der Waals surface area contributed by atoms with Crippen LogP contribution in [-0.4, -0.2) is 4.92 Å². The van der Waals surface area contributed by atoms with E-state index in [1.807, 2.05) is 6.07 Å². The normalized spacial score (nSPS) is 12.5. The fourth-order valence-corrected chi connectivity index (χ4v) is 0.853. The highest BCUT2D eigenvalue weighted by Gasteiger charge is 2.13. The summed E-state index contributed by atoms with van der Waals surface area (Å²) in [5, 5.41) is 10.3. The standard InChI is InChI=1S/C8H9NO2/c1-7(9(10)11)8-5-3-2-4-6-8/h2-7H,1H3/t7-/m0/s1. The van der Waals surface area contributed by atoms with E-state index in [4.69, 9.17) is 0 Å². The van der Waals surface area contributed by atoms with Crippen molar-refractivity contribution in [1.29, 1.82) is 0 Å². The predicted octanol–water partition coefficient (Wildman–Crippen LogP) is 2.02. The molecule has 0 N–H and O–H groups in total. The summed E-state index contributed by atoms with van der Waals surface area (Å²) < 4.78 is 0. The van der Waals surface area contributed by atoms with Crippen molar-refractivity contribution in [2.45, 2.75) is 13.0 Å². The van der Waals surface area contributed by atoms with Crippen molar-refractivity contribution in [3.8, 4) is 0 Å². The lowest BCUT2D eigenvalue weighted by molar-refractivity contribution is -0.524. The summed E-state index contributed by atoms with van der Waals surface area (Å²) in [5.41, 5.74) is 0.748. The summed E-state index contributed by atoms with van der Waals surface area (Å²) in [4.78, 5) is 10.0. The Balaban J connectivity index is 2.85. The first-order valence-electron chi connectivity index (χ1n) is 3.40. The number of nitro groups is 1. The molecule has 0 heterocycles. The first-order valence-corrected chi connectivity index (χ1v) is 3.40. The van der Waals surface area contributed by atoms with Crippen LogP contribution in [0.15, 0.2) is 30.3 Å². The van der Waals surface area contributed by atoms with Crippen LogP contribution in [0.25, 0.3) is 0 Å². The van der Waals surface area contributed by atoms with E-state index in [-0.39, 0.29) is 4.92 Å². The number of benzene rings is 1. The van der Waals surface area contributed by atoms with Crippen molar-refractivity contribution >= 4 is 0 Å². The molecule has 0 aliphatic rings. The Morgan fingerprint density at radius 2 is 1.91 bits per heavy atom. The molecule has 1 aromatic rings. The lowest BCUT2D eigenvalue weighted by Gasteiger charge is -2.01. The molecule has 0 aliphatic carbocycles. The van der Waals surface area contributed by atoms with Crippen LogP contribution in [0.4, 0.5) is 0 Å². The van der Waals surface area contributed by atoms with E-state index in [0.29, 0.717) is 0 Å². The van der Waals surface area contributed by atoms with Crippen LogP contribution < -0.4 is 0 Å². The summed E-state index contributed by atoms with van der Waals surface area (Å²) in [6.07, 6.45) is 0. The number of rotatable bonds is 2. The minimum Gasteiger partial charge on any atom is -0.264 e. The Hall–Kier alpha value is -1.38. The molecule has 0 bridgehead atoms. The Morgan fingerprint density at radius 1 is 1.36 bits per heavy atom. The third-order valence-corrected chi connectivity index (χ3v) is 1.60. The minimum absolute atomic E-state index is 0.296. The van der Waals surface area contributed by atoms with Gasteiger partial charge in [0.05, 0.1) is 0 Å². The highest BCUT2D eigenvalue weighted by molar-refractivity contribution is 5.16. The van der Waals surface area contributed by atoms with E-state index in [1.165, 1.54) is 0 Å². The third kappa shape index (κ3) is 1.77. The molecule has 1 rings (SSSR count). The van der Waals surface area contributed by atoms with Gasteiger partial charge < -0.3 is 0 Å². The zero-order valence-electron chi connectivity index (χ0n) is 6.23. The first-order chi connectivity index (χ1) is 5.22. The molecule has 0 radical (unpaired) electrons. The summed E-state index contributed by atoms with van der Waals surface area (Å²) in [6, 6.07) is 8.36. The van der Waals surface area contributed by atoms with Crippen LogP contribution in [-0.2, 0) is 0 Å². The zero-order chi connectivity index (χ0) is 8.27. The van der Waals surface area contributed by atoms with Gasteiger partial charge in [0.2, 0.25) is 6.04 Å². The molecular formula is C8H9NO2. The Morgan fingerprint density at radius 3 is 2.36 bits per heavy atom. The molecule has 0 unspecified atom stereocenters. The molecule has 58 valence electrons. The maximum absolute atomic E-state index is 10.3. The zero-order valence-corrected chi connectivity index (χ0v) is 6.23. The average molecular weight is 151 g/mol. The number of hydrogen-bond acceptors (Lipinski definition) is 2. The van der Waals surface area contributed by atoms with Crippen LogP contribution >= 0.6 is 0 Å². The molecule has 11 heavy (non-hydrogen) atoms. The van der Waals surface area contributed by atoms with Crippen LogP contribution in [0.3, 0.4) is 0 Å². The fraction of sp³-hybridized carbons (Fsp3) is 0.250. The molecule has 0 saturated carbocycles. The van der Waals surface area contributed by atoms with E-state index in [9.17, 15) is 10.1 Å². The lowest BCUT2D eigenvalue weighted by Crippen LogP contribution is -2.05. The van der Waals surface area contributed by atoms with Gasteiger partial charge in [-0.3, -0.25) is 10.1 Å². The van der Waals surface area contributed by atoms with Crippen molar-refractivity contribution < 1.29 is 4.92 Å². The SMILES string of the molecule is C[C@@H](c1ccccc1)[N+](=O)[O-]. The van der Waals surface area contributed by atoms with E-state index < -0.39 is 6.04 Å². The van der Waals surface area contributed by atoms with Crippen LogP contribution in [0.5, 0.6) is 0 Å². The van der Waals surface area contributed by atoms with Gasteiger partial charge in [-0.2, -0.15) is 0 Å². The summed E-state index contributed by atoms with van der Waals surface area (Å²) in [5.74, 6) is 0. The Bertz CT molecular complexity index is 246. The molecule has 3 heteroatoms. The average Bonchev–Trinajstić information content (AvgIpc) is 2.05. The van der Waals surface area contributed by atoms with Gasteiger partial charge in [-0.25, -0.2) is 0 Å². The summed E-state index contributed by atoms with van der Waals surface area (Å²) in [6.45, 7) is 1.58. The molecule has 1 aromatic carbocycles. The van der Waals surface area contributed by atoms with Crippen molar-refractivity contribution in [3.63, 3.8) is 0 Å². The van der Waals surface area contributed by atoms with Gasteiger partial charge in [0, 0.05) is 17.4 Å². The quantitative estimate of drug-likeness (QED) is 0.479. The van der Waals surface area contributed by atoms with Gasteiger partial charge in [-0.1, -0.05) is 30.3 Å². The van der Waals surface area contributed by atoms with E-state index >= 15 is 0 Å². The highest BCUT2D eigenvalue weighted by atomic mass is 16.6. The first kappa shape index (κ1) is 7.72. The molecule has 0 fully saturated rings. The maximum Gasteiger partial charge on any atom is 0.235 e. The lowest BCUT2D eigenvalue weighted by atomic mass is 10.1. The Labute approximate surface area is 64.8 Å². The topological polar surface area (TPSA) is 43.1 Å². The molecule has 3 nitrogen and oxygen atoms in total. The van der Waals surface area contributed by atoms with Gasteiger partial charge in [0.1, 0.15) is 0 Å². The van der Waals surface area contributed by atoms with Crippen LogP contribution in [0.1, 0.15) is 18.5 Å². The van der Waals surface area contributed by atoms with Crippen molar-refractivity contribution in [1.82, 2.24) is 0 Å². The predicted molar refractivity (Wildman–Crippen MR) is 41.9 cm³/mol. The van der Waals surface area contributed by atoms with Gasteiger partial charge >= 0.3 is 0 Å². The molecule has 0 saturated heterocycles. The fourth-order valence-electron chi connectivity index (χ4n) is 0.853. The van der Waals surface area contributed by atoms with E-state index in [0.717, 1.165) is 5.56 Å². The maximum atomic E-state index is 10.3.